The van der Waals surface area contributed by atoms with Gasteiger partial charge >= 0.3 is 0 Å². The fourth-order valence-electron chi connectivity index (χ4n) is 4.78. The summed E-state index contributed by atoms with van der Waals surface area (Å²) >= 11 is 0. The van der Waals surface area contributed by atoms with E-state index < -0.39 is 17.7 Å². The van der Waals surface area contributed by atoms with E-state index in [1.54, 1.807) is 55.8 Å². The van der Waals surface area contributed by atoms with Gasteiger partial charge < -0.3 is 19.6 Å². The Morgan fingerprint density at radius 1 is 1.03 bits per heavy atom. The number of aliphatic hydroxyl groups excluding tert-OH is 1. The van der Waals surface area contributed by atoms with E-state index in [4.69, 9.17) is 9.47 Å². The number of nitrogens with zero attached hydrogens (tertiary/aromatic N) is 1. The molecular weight excluding hydrogens is 456 g/mol. The van der Waals surface area contributed by atoms with Crippen LogP contribution in [0.15, 0.2) is 78.5 Å². The monoisotopic (exact) mass is 482 g/mol. The number of amides is 1. The van der Waals surface area contributed by atoms with Crippen LogP contribution in [0, 0.1) is 6.92 Å². The Balaban J connectivity index is 1.76. The molecule has 7 heteroatoms. The first-order chi connectivity index (χ1) is 17.4. The van der Waals surface area contributed by atoms with Gasteiger partial charge in [0.25, 0.3) is 11.7 Å². The number of aromatic amines is 1. The standard InChI is InChI=1S/C29H26N2O5/c1-4-36-20-9-7-8-18(15-20)31-26(23-16-30-24-11-6-5-10-22(23)24)25(28(33)29(31)34)27(32)21-13-12-19(35-3)14-17(21)2/h5-16,26,30,32H,4H2,1-3H3/b27-25+. The molecule has 0 saturated carbocycles. The van der Waals surface area contributed by atoms with Gasteiger partial charge in [-0.2, -0.15) is 0 Å². The summed E-state index contributed by atoms with van der Waals surface area (Å²) in [6.45, 7) is 4.16. The number of nitrogens with one attached hydrogen (secondary N) is 1. The van der Waals surface area contributed by atoms with Gasteiger partial charge in [0.05, 0.1) is 25.3 Å². The third-order valence-electron chi connectivity index (χ3n) is 6.46. The lowest BCUT2D eigenvalue weighted by Gasteiger charge is -2.25. The molecule has 36 heavy (non-hydrogen) atoms. The number of carbonyl (C=O) groups excluding carboxylic acids is 2. The van der Waals surface area contributed by atoms with Crippen LogP contribution in [-0.2, 0) is 9.59 Å². The number of carbonyl (C=O) groups is 2. The zero-order chi connectivity index (χ0) is 25.4. The fourth-order valence-corrected chi connectivity index (χ4v) is 4.78. The maximum absolute atomic E-state index is 13.5. The van der Waals surface area contributed by atoms with Crippen molar-refractivity contribution in [2.45, 2.75) is 19.9 Å². The molecular formula is C29H26N2O5. The van der Waals surface area contributed by atoms with Crippen molar-refractivity contribution in [2.24, 2.45) is 0 Å². The van der Waals surface area contributed by atoms with Crippen LogP contribution in [0.4, 0.5) is 5.69 Å². The molecule has 1 unspecified atom stereocenters. The summed E-state index contributed by atoms with van der Waals surface area (Å²) in [5.74, 6) is -0.482. The molecule has 182 valence electrons. The summed E-state index contributed by atoms with van der Waals surface area (Å²) in [5, 5.41) is 12.4. The Labute approximate surface area is 208 Å². The van der Waals surface area contributed by atoms with E-state index >= 15 is 0 Å². The molecule has 0 spiro atoms. The van der Waals surface area contributed by atoms with Gasteiger partial charge in [-0.05, 0) is 55.8 Å². The quantitative estimate of drug-likeness (QED) is 0.215. The minimum Gasteiger partial charge on any atom is -0.507 e. The van der Waals surface area contributed by atoms with Crippen LogP contribution in [0.1, 0.15) is 29.7 Å². The number of H-pyrrole nitrogens is 1. The number of para-hydroxylation sites is 1. The van der Waals surface area contributed by atoms with E-state index in [-0.39, 0.29) is 11.3 Å². The van der Waals surface area contributed by atoms with Gasteiger partial charge in [-0.15, -0.1) is 0 Å². The molecule has 1 fully saturated rings. The SMILES string of the molecule is CCOc1cccc(N2C(=O)C(=O)/C(=C(/O)c3ccc(OC)cc3C)C2c2c[nH]c3ccccc23)c1. The second-order valence-electron chi connectivity index (χ2n) is 8.57. The van der Waals surface area contributed by atoms with Gasteiger partial charge in [0, 0.05) is 40.0 Å². The van der Waals surface area contributed by atoms with Crippen LogP contribution in [-0.4, -0.2) is 35.5 Å². The number of ketones is 1. The molecule has 1 atom stereocenters. The molecule has 2 N–H and O–H groups in total. The van der Waals surface area contributed by atoms with Crippen LogP contribution < -0.4 is 14.4 Å². The smallest absolute Gasteiger partial charge is 0.300 e. The maximum Gasteiger partial charge on any atom is 0.300 e. The second kappa shape index (κ2) is 9.26. The lowest BCUT2D eigenvalue weighted by Crippen LogP contribution is -2.29. The van der Waals surface area contributed by atoms with Crippen molar-refractivity contribution in [1.29, 1.82) is 0 Å². The highest BCUT2D eigenvalue weighted by molar-refractivity contribution is 6.52. The number of fused-ring (bicyclic) bond motifs is 1. The molecule has 4 aromatic rings. The lowest BCUT2D eigenvalue weighted by atomic mass is 9.93. The van der Waals surface area contributed by atoms with Crippen LogP contribution in [0.3, 0.4) is 0 Å². The molecule has 1 aliphatic heterocycles. The highest BCUT2D eigenvalue weighted by Crippen LogP contribution is 2.45. The van der Waals surface area contributed by atoms with Crippen molar-refractivity contribution >= 4 is 34.0 Å². The molecule has 5 rings (SSSR count). The van der Waals surface area contributed by atoms with E-state index in [9.17, 15) is 14.7 Å². The third-order valence-corrected chi connectivity index (χ3v) is 6.46. The molecule has 1 aliphatic rings. The Bertz CT molecular complexity index is 1520. The van der Waals surface area contributed by atoms with Gasteiger partial charge in [-0.1, -0.05) is 24.3 Å². The second-order valence-corrected chi connectivity index (χ2v) is 8.57. The molecule has 1 saturated heterocycles. The van der Waals surface area contributed by atoms with Gasteiger partial charge in [0.2, 0.25) is 0 Å². The number of Topliss-reactive ketones (excluding diaryl/α,β-unsaturated/α-hetero) is 1. The minimum absolute atomic E-state index is 0.0276. The first-order valence-corrected chi connectivity index (χ1v) is 11.7. The van der Waals surface area contributed by atoms with E-state index in [1.807, 2.05) is 38.1 Å². The van der Waals surface area contributed by atoms with Crippen molar-refractivity contribution in [3.8, 4) is 11.5 Å². The topological polar surface area (TPSA) is 91.9 Å². The first-order valence-electron chi connectivity index (χ1n) is 11.7. The summed E-state index contributed by atoms with van der Waals surface area (Å²) < 4.78 is 10.9. The number of hydrogen-bond donors (Lipinski definition) is 2. The zero-order valence-corrected chi connectivity index (χ0v) is 20.2. The Kier molecular flexibility index (Phi) is 5.98. The summed E-state index contributed by atoms with van der Waals surface area (Å²) in [7, 11) is 1.56. The van der Waals surface area contributed by atoms with E-state index in [2.05, 4.69) is 4.98 Å². The molecule has 1 aromatic heterocycles. The maximum atomic E-state index is 13.5. The summed E-state index contributed by atoms with van der Waals surface area (Å²) in [4.78, 5) is 31.7. The minimum atomic E-state index is -0.848. The van der Waals surface area contributed by atoms with Crippen LogP contribution in [0.2, 0.25) is 0 Å². The number of ether oxygens (including phenoxy) is 2. The van der Waals surface area contributed by atoms with Crippen molar-refractivity contribution in [3.63, 3.8) is 0 Å². The number of methoxy groups -OCH3 is 1. The first kappa shape index (κ1) is 23.2. The largest absolute Gasteiger partial charge is 0.507 e. The molecule has 3 aromatic carbocycles. The summed E-state index contributed by atoms with van der Waals surface area (Å²) in [5.41, 5.74) is 3.28. The van der Waals surface area contributed by atoms with E-state index in [0.717, 1.165) is 10.9 Å². The molecule has 0 radical (unpaired) electrons. The zero-order valence-electron chi connectivity index (χ0n) is 20.2. The van der Waals surface area contributed by atoms with Gasteiger partial charge in [0.15, 0.2) is 0 Å². The Morgan fingerprint density at radius 3 is 2.58 bits per heavy atom. The van der Waals surface area contributed by atoms with Crippen molar-refractivity contribution in [2.75, 3.05) is 18.6 Å². The summed E-state index contributed by atoms with van der Waals surface area (Å²) in [6.07, 6.45) is 1.79. The molecule has 0 bridgehead atoms. The highest BCUT2D eigenvalue weighted by Gasteiger charge is 2.48. The molecule has 7 nitrogen and oxygen atoms in total. The molecule has 1 amide bonds. The number of benzene rings is 3. The predicted octanol–water partition coefficient (Wildman–Crippen LogP) is 5.51. The van der Waals surface area contributed by atoms with E-state index in [1.165, 1.54) is 4.90 Å². The summed E-state index contributed by atoms with van der Waals surface area (Å²) in [6, 6.07) is 19.1. The number of aryl methyl sites for hydroxylation is 1. The normalized spacial score (nSPS) is 17.1. The predicted molar refractivity (Wildman–Crippen MR) is 138 cm³/mol. The van der Waals surface area contributed by atoms with Crippen LogP contribution >= 0.6 is 0 Å². The van der Waals surface area contributed by atoms with Crippen LogP contribution in [0.25, 0.3) is 16.7 Å². The number of aromatic nitrogens is 1. The number of aliphatic hydroxyl groups is 1. The fraction of sp³-hybridized carbons (Fsp3) is 0.172. The highest BCUT2D eigenvalue weighted by atomic mass is 16.5. The van der Waals surface area contributed by atoms with Gasteiger partial charge in [-0.25, -0.2) is 0 Å². The average molecular weight is 483 g/mol. The molecule has 2 heterocycles. The van der Waals surface area contributed by atoms with E-state index in [0.29, 0.717) is 40.5 Å². The molecule has 0 aliphatic carbocycles. The van der Waals surface area contributed by atoms with Gasteiger partial charge in [0.1, 0.15) is 17.3 Å². The van der Waals surface area contributed by atoms with Crippen molar-refractivity contribution in [3.05, 3.63) is 95.2 Å². The Morgan fingerprint density at radius 2 is 1.83 bits per heavy atom. The van der Waals surface area contributed by atoms with Crippen molar-refractivity contribution < 1.29 is 24.2 Å². The van der Waals surface area contributed by atoms with Gasteiger partial charge in [-0.3, -0.25) is 14.5 Å². The van der Waals surface area contributed by atoms with Crippen molar-refractivity contribution in [1.82, 2.24) is 4.98 Å². The Hall–Kier alpha value is -4.52. The third kappa shape index (κ3) is 3.79. The lowest BCUT2D eigenvalue weighted by molar-refractivity contribution is -0.132. The number of rotatable bonds is 6. The van der Waals surface area contributed by atoms with Crippen LogP contribution in [0.5, 0.6) is 11.5 Å². The number of hydrogen-bond acceptors (Lipinski definition) is 5. The average Bonchev–Trinajstić information content (AvgIpc) is 3.42. The number of anilines is 1.